The molecule has 0 radical (unpaired) electrons. The normalized spacial score (nSPS) is 21.3. The van der Waals surface area contributed by atoms with E-state index in [4.69, 9.17) is 14.5 Å². The Morgan fingerprint density at radius 2 is 1.95 bits per heavy atom. The summed E-state index contributed by atoms with van der Waals surface area (Å²) < 4.78 is 27.0. The molecule has 0 unspecified atom stereocenters. The van der Waals surface area contributed by atoms with Crippen LogP contribution < -0.4 is 10.1 Å². The summed E-state index contributed by atoms with van der Waals surface area (Å²) in [7, 11) is 0. The highest BCUT2D eigenvalue weighted by Gasteiger charge is 2.53. The summed E-state index contributed by atoms with van der Waals surface area (Å²) in [4.78, 5) is 32.4. The fourth-order valence-electron chi connectivity index (χ4n) is 4.45. The number of likely N-dealkylation sites (tertiary alicyclic amines) is 1. The molecule has 2 aliphatic rings. The van der Waals surface area contributed by atoms with Crippen LogP contribution in [0, 0.1) is 17.7 Å². The second kappa shape index (κ2) is 10.7. The third kappa shape index (κ3) is 6.26. The smallest absolute Gasteiger partial charge is 0.410 e. The summed E-state index contributed by atoms with van der Waals surface area (Å²) in [6.45, 7) is 10.5. The lowest BCUT2D eigenvalue weighted by molar-refractivity contribution is 0.0281. The molecule has 1 fully saturated rings. The molecule has 2 aromatic carbocycles. The number of nitrogens with zero attached hydrogens (tertiary/aromatic N) is 2. The van der Waals surface area contributed by atoms with Crippen molar-refractivity contribution in [1.29, 1.82) is 0 Å². The van der Waals surface area contributed by atoms with Gasteiger partial charge >= 0.3 is 6.09 Å². The van der Waals surface area contributed by atoms with E-state index in [9.17, 15) is 9.59 Å². The van der Waals surface area contributed by atoms with Crippen molar-refractivity contribution in [3.05, 3.63) is 65.5 Å². The molecule has 0 spiro atoms. The van der Waals surface area contributed by atoms with E-state index in [1.165, 1.54) is 17.8 Å². The maximum Gasteiger partial charge on any atom is 0.410 e. The van der Waals surface area contributed by atoms with E-state index in [0.717, 1.165) is 0 Å². The molecular formula is C28H34FN3O4S. The van der Waals surface area contributed by atoms with Crippen LogP contribution in [0.2, 0.25) is 0 Å². The zero-order valence-electron chi connectivity index (χ0n) is 21.9. The van der Waals surface area contributed by atoms with Gasteiger partial charge in [-0.25, -0.2) is 14.2 Å². The van der Waals surface area contributed by atoms with Crippen LogP contribution in [0.4, 0.5) is 9.18 Å². The lowest BCUT2D eigenvalue weighted by atomic mass is 9.81. The van der Waals surface area contributed by atoms with E-state index in [2.05, 4.69) is 5.32 Å². The quantitative estimate of drug-likeness (QED) is 0.559. The number of thioether (sulfide) groups is 1. The number of fused-ring (bicyclic) bond motifs is 1. The molecule has 2 aliphatic heterocycles. The van der Waals surface area contributed by atoms with Crippen molar-refractivity contribution in [2.45, 2.75) is 45.8 Å². The van der Waals surface area contributed by atoms with Gasteiger partial charge in [-0.1, -0.05) is 43.8 Å². The molecular weight excluding hydrogens is 493 g/mol. The number of nitrogens with one attached hydrogen (secondary N) is 1. The average molecular weight is 528 g/mol. The van der Waals surface area contributed by atoms with Crippen LogP contribution in [0.5, 0.6) is 5.75 Å². The number of carbonyl (C=O) groups is 2. The van der Waals surface area contributed by atoms with Crippen molar-refractivity contribution in [1.82, 2.24) is 10.2 Å². The van der Waals surface area contributed by atoms with Crippen LogP contribution in [-0.2, 0) is 10.3 Å². The molecule has 0 saturated carbocycles. The van der Waals surface area contributed by atoms with Crippen LogP contribution in [-0.4, -0.2) is 53.1 Å². The van der Waals surface area contributed by atoms with Crippen LogP contribution in [0.25, 0.3) is 0 Å². The van der Waals surface area contributed by atoms with Gasteiger partial charge in [-0.05, 0) is 57.0 Å². The van der Waals surface area contributed by atoms with Crippen LogP contribution in [0.3, 0.4) is 0 Å². The molecule has 198 valence electrons. The average Bonchev–Trinajstić information content (AvgIpc) is 3.23. The molecule has 0 aromatic heterocycles. The Labute approximate surface area is 221 Å². The first-order chi connectivity index (χ1) is 17.5. The SMILES string of the molecule is CC(C)COc1ccc(F)c([C@]23CN(C(=O)OC(C)(C)C)C[C@H]2CSC(NC(=O)c2ccccc2)=N3)c1. The number of hydrogen-bond donors (Lipinski definition) is 1. The summed E-state index contributed by atoms with van der Waals surface area (Å²) in [5, 5.41) is 3.28. The van der Waals surface area contributed by atoms with Gasteiger partial charge < -0.3 is 19.7 Å². The fourth-order valence-corrected chi connectivity index (χ4v) is 5.59. The minimum absolute atomic E-state index is 0.127. The van der Waals surface area contributed by atoms with Gasteiger partial charge in [0.2, 0.25) is 0 Å². The van der Waals surface area contributed by atoms with E-state index in [-0.39, 0.29) is 18.4 Å². The highest BCUT2D eigenvalue weighted by atomic mass is 32.2. The van der Waals surface area contributed by atoms with Gasteiger partial charge in [-0.3, -0.25) is 4.79 Å². The second-order valence-corrected chi connectivity index (χ2v) is 11.9. The number of benzene rings is 2. The van der Waals surface area contributed by atoms with Crippen molar-refractivity contribution in [2.24, 2.45) is 16.8 Å². The van der Waals surface area contributed by atoms with Gasteiger partial charge in [0.05, 0.1) is 13.2 Å². The fraction of sp³-hybridized carbons (Fsp3) is 0.464. The number of amidine groups is 1. The Kier molecular flexibility index (Phi) is 7.83. The maximum atomic E-state index is 15.5. The van der Waals surface area contributed by atoms with Crippen LogP contribution >= 0.6 is 11.8 Å². The zero-order valence-corrected chi connectivity index (χ0v) is 22.7. The number of carbonyl (C=O) groups excluding carboxylic acids is 2. The van der Waals surface area contributed by atoms with Crippen molar-refractivity contribution in [3.8, 4) is 5.75 Å². The topological polar surface area (TPSA) is 80.2 Å². The first-order valence-electron chi connectivity index (χ1n) is 12.5. The molecule has 2 atom stereocenters. The molecule has 2 heterocycles. The number of hydrogen-bond acceptors (Lipinski definition) is 6. The minimum Gasteiger partial charge on any atom is -0.493 e. The number of rotatable bonds is 5. The first-order valence-corrected chi connectivity index (χ1v) is 13.5. The number of aliphatic imine (C=N–C) groups is 1. The van der Waals surface area contributed by atoms with E-state index in [0.29, 0.717) is 46.9 Å². The molecule has 0 bridgehead atoms. The molecule has 2 aromatic rings. The highest BCUT2D eigenvalue weighted by molar-refractivity contribution is 8.13. The van der Waals surface area contributed by atoms with Gasteiger partial charge in [0.15, 0.2) is 5.17 Å². The molecule has 7 nitrogen and oxygen atoms in total. The largest absolute Gasteiger partial charge is 0.493 e. The molecule has 1 saturated heterocycles. The highest BCUT2D eigenvalue weighted by Crippen LogP contribution is 2.47. The zero-order chi connectivity index (χ0) is 26.8. The Balaban J connectivity index is 1.72. The van der Waals surface area contributed by atoms with E-state index in [1.54, 1.807) is 41.3 Å². The lowest BCUT2D eigenvalue weighted by Gasteiger charge is -2.35. The summed E-state index contributed by atoms with van der Waals surface area (Å²) >= 11 is 1.39. The Bertz CT molecular complexity index is 1180. The molecule has 37 heavy (non-hydrogen) atoms. The van der Waals surface area contributed by atoms with Crippen molar-refractivity contribution < 1.29 is 23.5 Å². The Hall–Kier alpha value is -3.07. The minimum atomic E-state index is -1.09. The van der Waals surface area contributed by atoms with Gasteiger partial charge in [-0.2, -0.15) is 0 Å². The van der Waals surface area contributed by atoms with Crippen molar-refractivity contribution >= 4 is 28.9 Å². The standard InChI is InChI=1S/C28H34FN3O4S/c1-18(2)15-35-21-11-12-23(29)22(13-21)28-17-32(26(34)36-27(3,4)5)14-20(28)16-37-25(31-28)30-24(33)19-9-7-6-8-10-19/h6-13,18,20H,14-17H2,1-5H3,(H,30,31,33)/t20-,28-/m0/s1. The van der Waals surface area contributed by atoms with Gasteiger partial charge in [-0.15, -0.1) is 0 Å². The number of halogens is 1. The number of amides is 2. The molecule has 1 N–H and O–H groups in total. The monoisotopic (exact) mass is 527 g/mol. The Morgan fingerprint density at radius 1 is 1.22 bits per heavy atom. The van der Waals surface area contributed by atoms with Crippen molar-refractivity contribution in [2.75, 3.05) is 25.4 Å². The second-order valence-electron chi connectivity index (χ2n) is 10.9. The van der Waals surface area contributed by atoms with Crippen molar-refractivity contribution in [3.63, 3.8) is 0 Å². The molecule has 0 aliphatic carbocycles. The predicted octanol–water partition coefficient (Wildman–Crippen LogP) is 5.46. The summed E-state index contributed by atoms with van der Waals surface area (Å²) in [6, 6.07) is 13.5. The van der Waals surface area contributed by atoms with Crippen LogP contribution in [0.1, 0.15) is 50.5 Å². The van der Waals surface area contributed by atoms with E-state index in [1.807, 2.05) is 40.7 Å². The Morgan fingerprint density at radius 3 is 2.62 bits per heavy atom. The van der Waals surface area contributed by atoms with Gasteiger partial charge in [0, 0.05) is 29.3 Å². The van der Waals surface area contributed by atoms with E-state index >= 15 is 4.39 Å². The maximum absolute atomic E-state index is 15.5. The van der Waals surface area contributed by atoms with Gasteiger partial charge in [0.1, 0.15) is 22.7 Å². The molecule has 9 heteroatoms. The third-order valence-electron chi connectivity index (χ3n) is 6.17. The number of ether oxygens (including phenoxy) is 2. The summed E-state index contributed by atoms with van der Waals surface area (Å²) in [6.07, 6.45) is -0.469. The van der Waals surface area contributed by atoms with E-state index < -0.39 is 23.1 Å². The predicted molar refractivity (Wildman–Crippen MR) is 144 cm³/mol. The van der Waals surface area contributed by atoms with Crippen LogP contribution in [0.15, 0.2) is 53.5 Å². The first kappa shape index (κ1) is 27.0. The third-order valence-corrected chi connectivity index (χ3v) is 7.20. The molecule has 4 rings (SSSR count). The summed E-state index contributed by atoms with van der Waals surface area (Å²) in [5.41, 5.74) is -0.917. The van der Waals surface area contributed by atoms with Gasteiger partial charge in [0.25, 0.3) is 5.91 Å². The summed E-state index contributed by atoms with van der Waals surface area (Å²) in [5.74, 6) is 0.477. The lowest BCUT2D eigenvalue weighted by Crippen LogP contribution is -2.43. The molecule has 2 amide bonds.